The van der Waals surface area contributed by atoms with Gasteiger partial charge < -0.3 is 10.1 Å². The Labute approximate surface area is 93.8 Å². The van der Waals surface area contributed by atoms with E-state index >= 15 is 0 Å². The third kappa shape index (κ3) is 3.78. The van der Waals surface area contributed by atoms with E-state index in [1.165, 1.54) is 5.56 Å². The highest BCUT2D eigenvalue weighted by Crippen LogP contribution is 2.17. The van der Waals surface area contributed by atoms with Crippen LogP contribution in [0.5, 0.6) is 0 Å². The average molecular weight is 258 g/mol. The van der Waals surface area contributed by atoms with Crippen molar-refractivity contribution in [1.82, 2.24) is 5.32 Å². The van der Waals surface area contributed by atoms with Crippen LogP contribution >= 0.6 is 15.9 Å². The summed E-state index contributed by atoms with van der Waals surface area (Å²) in [6.45, 7) is 3.78. The van der Waals surface area contributed by atoms with Crippen LogP contribution in [0.15, 0.2) is 28.7 Å². The van der Waals surface area contributed by atoms with Gasteiger partial charge in [0.15, 0.2) is 0 Å². The van der Waals surface area contributed by atoms with Crippen molar-refractivity contribution >= 4 is 15.9 Å². The minimum atomic E-state index is 0.364. The first-order valence-corrected chi connectivity index (χ1v) is 5.51. The average Bonchev–Trinajstić information content (AvgIpc) is 2.18. The SMILES string of the molecule is COCCN[C@H](C)c1cccc(Br)c1. The van der Waals surface area contributed by atoms with Crippen LogP contribution in [0, 0.1) is 0 Å². The summed E-state index contributed by atoms with van der Waals surface area (Å²) in [5.41, 5.74) is 1.29. The predicted octanol–water partition coefficient (Wildman–Crippen LogP) is 2.75. The van der Waals surface area contributed by atoms with E-state index in [9.17, 15) is 0 Å². The predicted molar refractivity (Wildman–Crippen MR) is 62.4 cm³/mol. The number of ether oxygens (including phenoxy) is 1. The molecule has 78 valence electrons. The third-order valence-corrected chi connectivity index (χ3v) is 2.60. The van der Waals surface area contributed by atoms with E-state index in [4.69, 9.17) is 4.74 Å². The molecule has 0 amide bonds. The fraction of sp³-hybridized carbons (Fsp3) is 0.455. The number of hydrogen-bond donors (Lipinski definition) is 1. The van der Waals surface area contributed by atoms with E-state index in [1.54, 1.807) is 7.11 Å². The molecular formula is C11H16BrNO. The molecule has 1 atom stereocenters. The summed E-state index contributed by atoms with van der Waals surface area (Å²) in [4.78, 5) is 0. The summed E-state index contributed by atoms with van der Waals surface area (Å²) >= 11 is 3.46. The number of rotatable bonds is 5. The monoisotopic (exact) mass is 257 g/mol. The summed E-state index contributed by atoms with van der Waals surface area (Å²) in [6.07, 6.45) is 0. The van der Waals surface area contributed by atoms with Crippen molar-refractivity contribution in [2.24, 2.45) is 0 Å². The molecular weight excluding hydrogens is 242 g/mol. The number of benzene rings is 1. The minimum absolute atomic E-state index is 0.364. The normalized spacial score (nSPS) is 12.8. The topological polar surface area (TPSA) is 21.3 Å². The Morgan fingerprint density at radius 2 is 2.29 bits per heavy atom. The maximum atomic E-state index is 4.98. The smallest absolute Gasteiger partial charge is 0.0587 e. The van der Waals surface area contributed by atoms with Crippen molar-refractivity contribution in [2.45, 2.75) is 13.0 Å². The van der Waals surface area contributed by atoms with Gasteiger partial charge in [0, 0.05) is 24.2 Å². The van der Waals surface area contributed by atoms with Crippen LogP contribution in [0.3, 0.4) is 0 Å². The Hall–Kier alpha value is -0.380. The summed E-state index contributed by atoms with van der Waals surface area (Å²) in [5, 5.41) is 3.38. The first-order valence-electron chi connectivity index (χ1n) is 4.72. The highest BCUT2D eigenvalue weighted by molar-refractivity contribution is 9.10. The second-order valence-corrected chi connectivity index (χ2v) is 4.14. The van der Waals surface area contributed by atoms with Crippen LogP contribution in [0.25, 0.3) is 0 Å². The van der Waals surface area contributed by atoms with Crippen LogP contribution in [-0.4, -0.2) is 20.3 Å². The van der Waals surface area contributed by atoms with Crippen molar-refractivity contribution in [2.75, 3.05) is 20.3 Å². The number of halogens is 1. The highest BCUT2D eigenvalue weighted by Gasteiger charge is 2.03. The van der Waals surface area contributed by atoms with Gasteiger partial charge in [-0.15, -0.1) is 0 Å². The molecule has 14 heavy (non-hydrogen) atoms. The fourth-order valence-electron chi connectivity index (χ4n) is 1.27. The van der Waals surface area contributed by atoms with Crippen molar-refractivity contribution in [3.05, 3.63) is 34.3 Å². The molecule has 0 aromatic heterocycles. The van der Waals surface area contributed by atoms with Gasteiger partial charge in [0.2, 0.25) is 0 Å². The molecule has 1 aromatic carbocycles. The van der Waals surface area contributed by atoms with Gasteiger partial charge in [-0.2, -0.15) is 0 Å². The Kier molecular flexibility index (Phi) is 5.15. The molecule has 1 rings (SSSR count). The number of hydrogen-bond acceptors (Lipinski definition) is 2. The van der Waals surface area contributed by atoms with Crippen LogP contribution in [0.4, 0.5) is 0 Å². The fourth-order valence-corrected chi connectivity index (χ4v) is 1.69. The standard InChI is InChI=1S/C11H16BrNO/c1-9(13-6-7-14-2)10-4-3-5-11(12)8-10/h3-5,8-9,13H,6-7H2,1-2H3/t9-/m1/s1. The molecule has 0 fully saturated rings. The maximum absolute atomic E-state index is 4.98. The molecule has 0 saturated heterocycles. The Morgan fingerprint density at radius 3 is 2.93 bits per heavy atom. The first kappa shape index (κ1) is 11.7. The lowest BCUT2D eigenvalue weighted by Gasteiger charge is -2.13. The lowest BCUT2D eigenvalue weighted by molar-refractivity contribution is 0.196. The lowest BCUT2D eigenvalue weighted by Crippen LogP contribution is -2.22. The van der Waals surface area contributed by atoms with Gasteiger partial charge in [0.25, 0.3) is 0 Å². The molecule has 0 spiro atoms. The maximum Gasteiger partial charge on any atom is 0.0587 e. The van der Waals surface area contributed by atoms with Gasteiger partial charge in [-0.1, -0.05) is 28.1 Å². The van der Waals surface area contributed by atoms with Crippen LogP contribution < -0.4 is 5.32 Å². The van der Waals surface area contributed by atoms with Crippen LogP contribution in [-0.2, 0) is 4.74 Å². The molecule has 0 heterocycles. The van der Waals surface area contributed by atoms with E-state index in [-0.39, 0.29) is 0 Å². The molecule has 0 saturated carbocycles. The number of methoxy groups -OCH3 is 1. The molecule has 3 heteroatoms. The van der Waals surface area contributed by atoms with Crippen LogP contribution in [0.1, 0.15) is 18.5 Å². The van der Waals surface area contributed by atoms with E-state index in [2.05, 4.69) is 40.3 Å². The molecule has 0 radical (unpaired) electrons. The zero-order valence-electron chi connectivity index (χ0n) is 8.59. The molecule has 1 N–H and O–H groups in total. The highest BCUT2D eigenvalue weighted by atomic mass is 79.9. The molecule has 0 aliphatic carbocycles. The van der Waals surface area contributed by atoms with Gasteiger partial charge in [0.05, 0.1) is 6.61 Å². The lowest BCUT2D eigenvalue weighted by atomic mass is 10.1. The summed E-state index contributed by atoms with van der Waals surface area (Å²) in [7, 11) is 1.71. The summed E-state index contributed by atoms with van der Waals surface area (Å²) < 4.78 is 6.10. The van der Waals surface area contributed by atoms with E-state index in [0.717, 1.165) is 17.6 Å². The van der Waals surface area contributed by atoms with Crippen molar-refractivity contribution in [3.63, 3.8) is 0 Å². The van der Waals surface area contributed by atoms with Gasteiger partial charge in [-0.05, 0) is 24.6 Å². The van der Waals surface area contributed by atoms with Gasteiger partial charge in [-0.25, -0.2) is 0 Å². The number of nitrogens with one attached hydrogen (secondary N) is 1. The second kappa shape index (κ2) is 6.17. The van der Waals surface area contributed by atoms with E-state index < -0.39 is 0 Å². The molecule has 1 aromatic rings. The Morgan fingerprint density at radius 1 is 1.50 bits per heavy atom. The quantitative estimate of drug-likeness (QED) is 0.820. The van der Waals surface area contributed by atoms with Crippen molar-refractivity contribution in [3.8, 4) is 0 Å². The molecule has 2 nitrogen and oxygen atoms in total. The van der Waals surface area contributed by atoms with Crippen LogP contribution in [0.2, 0.25) is 0 Å². The van der Waals surface area contributed by atoms with E-state index in [1.807, 2.05) is 12.1 Å². The van der Waals surface area contributed by atoms with Gasteiger partial charge >= 0.3 is 0 Å². The van der Waals surface area contributed by atoms with Crippen molar-refractivity contribution < 1.29 is 4.74 Å². The Bertz CT molecular complexity index is 278. The first-order chi connectivity index (χ1) is 6.74. The third-order valence-electron chi connectivity index (χ3n) is 2.11. The summed E-state index contributed by atoms with van der Waals surface area (Å²) in [6, 6.07) is 8.70. The minimum Gasteiger partial charge on any atom is -0.383 e. The molecule has 0 unspecified atom stereocenters. The zero-order chi connectivity index (χ0) is 10.4. The second-order valence-electron chi connectivity index (χ2n) is 3.22. The van der Waals surface area contributed by atoms with Gasteiger partial charge in [0.1, 0.15) is 0 Å². The van der Waals surface area contributed by atoms with Gasteiger partial charge in [-0.3, -0.25) is 0 Å². The zero-order valence-corrected chi connectivity index (χ0v) is 10.2. The molecule has 0 aliphatic rings. The van der Waals surface area contributed by atoms with E-state index in [0.29, 0.717) is 6.04 Å². The largest absolute Gasteiger partial charge is 0.383 e. The van der Waals surface area contributed by atoms with Crippen molar-refractivity contribution in [1.29, 1.82) is 0 Å². The Balaban J connectivity index is 2.47. The molecule has 0 aliphatic heterocycles. The summed E-state index contributed by atoms with van der Waals surface area (Å²) in [5.74, 6) is 0. The molecule has 0 bridgehead atoms.